The lowest BCUT2D eigenvalue weighted by molar-refractivity contribution is 0.287. The second-order valence-corrected chi connectivity index (χ2v) is 5.96. The fourth-order valence-electron chi connectivity index (χ4n) is 2.64. The minimum Gasteiger partial charge on any atom is -0.490 e. The highest BCUT2D eigenvalue weighted by Gasteiger charge is 2.12. The van der Waals surface area contributed by atoms with Gasteiger partial charge in [-0.1, -0.05) is 24.3 Å². The molecule has 2 aromatic rings. The topological polar surface area (TPSA) is 54.9 Å². The van der Waals surface area contributed by atoms with E-state index in [2.05, 4.69) is 15.6 Å². The quantitative estimate of drug-likeness (QED) is 0.541. The van der Waals surface area contributed by atoms with Gasteiger partial charge in [0.15, 0.2) is 17.5 Å². The average Bonchev–Trinajstić information content (AvgIpc) is 2.67. The predicted molar refractivity (Wildman–Crippen MR) is 107 cm³/mol. The van der Waals surface area contributed by atoms with Gasteiger partial charge in [-0.3, -0.25) is 4.99 Å². The molecule has 2 N–H and O–H groups in total. The Morgan fingerprint density at radius 2 is 1.78 bits per heavy atom. The Morgan fingerprint density at radius 1 is 1.07 bits per heavy atom. The first kappa shape index (κ1) is 20.6. The minimum absolute atomic E-state index is 0.0216. The summed E-state index contributed by atoms with van der Waals surface area (Å²) >= 11 is 0. The van der Waals surface area contributed by atoms with E-state index in [0.29, 0.717) is 31.3 Å². The van der Waals surface area contributed by atoms with Crippen LogP contribution in [0.1, 0.15) is 37.9 Å². The van der Waals surface area contributed by atoms with E-state index in [9.17, 15) is 4.39 Å². The molecule has 0 aliphatic carbocycles. The number of nitrogens with one attached hydrogen (secondary N) is 2. The van der Waals surface area contributed by atoms with Crippen LogP contribution in [-0.4, -0.2) is 26.2 Å². The van der Waals surface area contributed by atoms with Crippen LogP contribution in [0.5, 0.6) is 11.5 Å². The number of ether oxygens (including phenoxy) is 2. The highest BCUT2D eigenvalue weighted by atomic mass is 19.1. The van der Waals surface area contributed by atoms with E-state index in [4.69, 9.17) is 9.47 Å². The zero-order valence-electron chi connectivity index (χ0n) is 16.4. The molecule has 0 aromatic heterocycles. The normalized spacial score (nSPS) is 12.4. The summed E-state index contributed by atoms with van der Waals surface area (Å²) in [5.74, 6) is 1.82. The molecule has 5 nitrogen and oxygen atoms in total. The Hall–Kier alpha value is -2.76. The molecular formula is C21H28FN3O2. The molecule has 2 aromatic carbocycles. The molecule has 6 heteroatoms. The van der Waals surface area contributed by atoms with Gasteiger partial charge in [-0.15, -0.1) is 0 Å². The van der Waals surface area contributed by atoms with Crippen molar-refractivity contribution < 1.29 is 13.9 Å². The second kappa shape index (κ2) is 10.4. The van der Waals surface area contributed by atoms with Gasteiger partial charge in [0.1, 0.15) is 5.82 Å². The smallest absolute Gasteiger partial charge is 0.191 e. The van der Waals surface area contributed by atoms with E-state index >= 15 is 0 Å². The third-order valence-electron chi connectivity index (χ3n) is 4.05. The van der Waals surface area contributed by atoms with Gasteiger partial charge in [0, 0.05) is 19.2 Å². The summed E-state index contributed by atoms with van der Waals surface area (Å²) in [6, 6.07) is 12.5. The van der Waals surface area contributed by atoms with E-state index in [-0.39, 0.29) is 11.9 Å². The molecule has 0 fully saturated rings. The lowest BCUT2D eigenvalue weighted by Crippen LogP contribution is -2.38. The Bertz CT molecular complexity index is 765. The molecule has 0 aliphatic heterocycles. The van der Waals surface area contributed by atoms with E-state index in [1.165, 1.54) is 6.07 Å². The summed E-state index contributed by atoms with van der Waals surface area (Å²) in [5, 5.41) is 6.46. The molecule has 27 heavy (non-hydrogen) atoms. The summed E-state index contributed by atoms with van der Waals surface area (Å²) < 4.78 is 25.1. The molecule has 0 aliphatic rings. The van der Waals surface area contributed by atoms with E-state index in [0.717, 1.165) is 17.1 Å². The van der Waals surface area contributed by atoms with Crippen molar-refractivity contribution in [2.45, 2.75) is 33.4 Å². The van der Waals surface area contributed by atoms with Crippen LogP contribution in [0.15, 0.2) is 47.5 Å². The molecule has 0 bridgehead atoms. The van der Waals surface area contributed by atoms with Crippen molar-refractivity contribution in [2.75, 3.05) is 20.3 Å². The van der Waals surface area contributed by atoms with Crippen molar-refractivity contribution in [3.05, 3.63) is 59.4 Å². The first-order valence-electron chi connectivity index (χ1n) is 9.19. The monoisotopic (exact) mass is 373 g/mol. The number of rotatable bonds is 8. The zero-order valence-corrected chi connectivity index (χ0v) is 16.4. The molecule has 1 atom stereocenters. The molecule has 0 radical (unpaired) electrons. The van der Waals surface area contributed by atoms with Gasteiger partial charge in [0.2, 0.25) is 0 Å². The van der Waals surface area contributed by atoms with Gasteiger partial charge in [-0.05, 0) is 44.5 Å². The molecule has 0 saturated heterocycles. The highest BCUT2D eigenvalue weighted by molar-refractivity contribution is 5.80. The largest absolute Gasteiger partial charge is 0.490 e. The summed E-state index contributed by atoms with van der Waals surface area (Å²) in [5.41, 5.74) is 1.63. The maximum absolute atomic E-state index is 13.8. The summed E-state index contributed by atoms with van der Waals surface area (Å²) in [6.07, 6.45) is 0. The average molecular weight is 373 g/mol. The Balaban J connectivity index is 2.04. The number of hydrogen-bond donors (Lipinski definition) is 2. The first-order chi connectivity index (χ1) is 13.1. The molecule has 146 valence electrons. The molecule has 2 rings (SSSR count). The van der Waals surface area contributed by atoms with Crippen LogP contribution in [-0.2, 0) is 6.54 Å². The SMILES string of the molecule is CCOc1ccc(C(C)NC(=NC)NCc2ccccc2F)cc1OCC. The van der Waals surface area contributed by atoms with Crippen LogP contribution < -0.4 is 20.1 Å². The van der Waals surface area contributed by atoms with Crippen molar-refractivity contribution in [3.63, 3.8) is 0 Å². The van der Waals surface area contributed by atoms with Crippen LogP contribution >= 0.6 is 0 Å². The van der Waals surface area contributed by atoms with E-state index in [1.807, 2.05) is 45.0 Å². The van der Waals surface area contributed by atoms with Gasteiger partial charge in [0.05, 0.1) is 19.3 Å². The predicted octanol–water partition coefficient (Wildman–Crippen LogP) is 4.05. The summed E-state index contributed by atoms with van der Waals surface area (Å²) in [6.45, 7) is 7.42. The van der Waals surface area contributed by atoms with Gasteiger partial charge in [0.25, 0.3) is 0 Å². The Morgan fingerprint density at radius 3 is 2.44 bits per heavy atom. The lowest BCUT2D eigenvalue weighted by Gasteiger charge is -2.20. The van der Waals surface area contributed by atoms with Crippen LogP contribution in [0.25, 0.3) is 0 Å². The van der Waals surface area contributed by atoms with Crippen LogP contribution in [0.2, 0.25) is 0 Å². The Labute approximate surface area is 160 Å². The maximum atomic E-state index is 13.8. The van der Waals surface area contributed by atoms with Gasteiger partial charge in [-0.25, -0.2) is 4.39 Å². The second-order valence-electron chi connectivity index (χ2n) is 5.96. The highest BCUT2D eigenvalue weighted by Crippen LogP contribution is 2.30. The van der Waals surface area contributed by atoms with E-state index < -0.39 is 0 Å². The van der Waals surface area contributed by atoms with Gasteiger partial charge < -0.3 is 20.1 Å². The molecular weight excluding hydrogens is 345 g/mol. The fourth-order valence-corrected chi connectivity index (χ4v) is 2.64. The third kappa shape index (κ3) is 5.88. The number of halogens is 1. The van der Waals surface area contributed by atoms with E-state index in [1.54, 1.807) is 19.2 Å². The Kier molecular flexibility index (Phi) is 7.92. The molecule has 0 spiro atoms. The van der Waals surface area contributed by atoms with Crippen molar-refractivity contribution in [1.29, 1.82) is 0 Å². The van der Waals surface area contributed by atoms with Crippen molar-refractivity contribution in [3.8, 4) is 11.5 Å². The maximum Gasteiger partial charge on any atom is 0.191 e. The third-order valence-corrected chi connectivity index (χ3v) is 4.05. The number of nitrogens with zero attached hydrogens (tertiary/aromatic N) is 1. The molecule has 1 unspecified atom stereocenters. The van der Waals surface area contributed by atoms with Gasteiger partial charge in [-0.2, -0.15) is 0 Å². The molecule has 0 heterocycles. The lowest BCUT2D eigenvalue weighted by atomic mass is 10.1. The zero-order chi connectivity index (χ0) is 19.6. The van der Waals surface area contributed by atoms with Crippen molar-refractivity contribution in [1.82, 2.24) is 10.6 Å². The van der Waals surface area contributed by atoms with Gasteiger partial charge >= 0.3 is 0 Å². The standard InChI is InChI=1S/C21H28FN3O2/c1-5-26-19-12-11-16(13-20(19)27-6-2)15(3)25-21(23-4)24-14-17-9-7-8-10-18(17)22/h7-13,15H,5-6,14H2,1-4H3,(H2,23,24,25). The molecule has 0 amide bonds. The van der Waals surface area contributed by atoms with Crippen LogP contribution in [0, 0.1) is 5.82 Å². The van der Waals surface area contributed by atoms with Crippen LogP contribution in [0.4, 0.5) is 4.39 Å². The number of benzene rings is 2. The number of hydrogen-bond acceptors (Lipinski definition) is 3. The summed E-state index contributed by atoms with van der Waals surface area (Å²) in [4.78, 5) is 4.22. The van der Waals surface area contributed by atoms with Crippen LogP contribution in [0.3, 0.4) is 0 Å². The molecule has 0 saturated carbocycles. The fraction of sp³-hybridized carbons (Fsp3) is 0.381. The minimum atomic E-state index is -0.235. The summed E-state index contributed by atoms with van der Waals surface area (Å²) in [7, 11) is 1.69. The number of aliphatic imine (C=N–C) groups is 1. The number of guanidine groups is 1. The first-order valence-corrected chi connectivity index (χ1v) is 9.19. The van der Waals surface area contributed by atoms with Crippen molar-refractivity contribution in [2.24, 2.45) is 4.99 Å². The van der Waals surface area contributed by atoms with Crippen molar-refractivity contribution >= 4 is 5.96 Å².